The topological polar surface area (TPSA) is 57.6 Å². The van der Waals surface area contributed by atoms with Crippen LogP contribution in [0.4, 0.5) is 11.4 Å². The number of nitrogens with zero attached hydrogens (tertiary/aromatic N) is 1. The van der Waals surface area contributed by atoms with Crippen molar-refractivity contribution in [2.75, 3.05) is 11.4 Å². The number of rotatable bonds is 15. The summed E-state index contributed by atoms with van der Waals surface area (Å²) < 4.78 is 35.7. The summed E-state index contributed by atoms with van der Waals surface area (Å²) in [5.41, 5.74) is 5.27. The summed E-state index contributed by atoms with van der Waals surface area (Å²) in [6, 6.07) is 13.4. The number of anilines is 2. The minimum atomic E-state index is -4.11. The first kappa shape index (κ1) is 30.5. The lowest BCUT2D eigenvalue weighted by Crippen LogP contribution is -2.35. The molecule has 0 amide bonds. The number of benzene rings is 2. The molecule has 216 valence electrons. The van der Waals surface area contributed by atoms with E-state index in [1.54, 1.807) is 0 Å². The Morgan fingerprint density at radius 3 is 1.85 bits per heavy atom. The smallest absolute Gasteiger partial charge is 0.268 e. The molecule has 39 heavy (non-hydrogen) atoms. The van der Waals surface area contributed by atoms with E-state index in [0.717, 1.165) is 38.5 Å². The minimum absolute atomic E-state index is 0.0560. The SMILES string of the molecule is CCCCCCc1cccc2c1N(CCC(C1CCCCC1)S(=O)(=O)O)c1c(CCCCCC)cccc1S2. The zero-order valence-corrected chi connectivity index (χ0v) is 25.8. The van der Waals surface area contributed by atoms with Crippen molar-refractivity contribution in [1.29, 1.82) is 0 Å². The van der Waals surface area contributed by atoms with Gasteiger partial charge < -0.3 is 4.90 Å². The lowest BCUT2D eigenvalue weighted by atomic mass is 9.85. The zero-order valence-electron chi connectivity index (χ0n) is 24.2. The number of aryl methyl sites for hydroxylation is 2. The quantitative estimate of drug-likeness (QED) is 0.170. The first-order valence-corrected chi connectivity index (χ1v) is 17.9. The van der Waals surface area contributed by atoms with Crippen LogP contribution in [-0.2, 0) is 23.0 Å². The van der Waals surface area contributed by atoms with Crippen LogP contribution >= 0.6 is 11.8 Å². The molecule has 1 aliphatic heterocycles. The third kappa shape index (κ3) is 8.04. The third-order valence-electron chi connectivity index (χ3n) is 8.72. The molecule has 0 aromatic heterocycles. The molecule has 0 radical (unpaired) electrons. The molecule has 1 saturated carbocycles. The number of hydrogen-bond acceptors (Lipinski definition) is 4. The summed E-state index contributed by atoms with van der Waals surface area (Å²) in [5.74, 6) is 0.0560. The van der Waals surface area contributed by atoms with Gasteiger partial charge in [-0.1, -0.05) is 108 Å². The first-order valence-electron chi connectivity index (χ1n) is 15.6. The predicted molar refractivity (Wildman–Crippen MR) is 166 cm³/mol. The van der Waals surface area contributed by atoms with Crippen LogP contribution in [-0.4, -0.2) is 24.8 Å². The molecule has 2 aromatic rings. The van der Waals surface area contributed by atoms with Gasteiger partial charge in [-0.25, -0.2) is 0 Å². The van der Waals surface area contributed by atoms with E-state index in [4.69, 9.17) is 0 Å². The van der Waals surface area contributed by atoms with Crippen molar-refractivity contribution in [3.63, 3.8) is 0 Å². The number of hydrogen-bond donors (Lipinski definition) is 1. The second-order valence-electron chi connectivity index (χ2n) is 11.6. The Labute approximate surface area is 242 Å². The highest BCUT2D eigenvalue weighted by atomic mass is 32.2. The van der Waals surface area contributed by atoms with Gasteiger partial charge in [-0.05, 0) is 74.1 Å². The van der Waals surface area contributed by atoms with E-state index in [0.29, 0.717) is 13.0 Å². The maximum Gasteiger partial charge on any atom is 0.268 e. The summed E-state index contributed by atoms with van der Waals surface area (Å²) in [4.78, 5) is 4.98. The predicted octanol–water partition coefficient (Wildman–Crippen LogP) is 9.76. The van der Waals surface area contributed by atoms with E-state index in [1.807, 2.05) is 11.8 Å². The van der Waals surface area contributed by atoms with E-state index >= 15 is 0 Å². The van der Waals surface area contributed by atoms with Gasteiger partial charge in [-0.2, -0.15) is 8.42 Å². The summed E-state index contributed by atoms with van der Waals surface area (Å²) in [6.07, 6.45) is 17.4. The molecule has 1 fully saturated rings. The summed E-state index contributed by atoms with van der Waals surface area (Å²) >= 11 is 1.86. The first-order chi connectivity index (χ1) is 18.9. The third-order valence-corrected chi connectivity index (χ3v) is 11.2. The van der Waals surface area contributed by atoms with E-state index < -0.39 is 15.4 Å². The molecule has 2 aromatic carbocycles. The Morgan fingerprint density at radius 2 is 1.36 bits per heavy atom. The molecule has 0 saturated heterocycles. The largest absolute Gasteiger partial charge is 0.339 e. The zero-order chi connectivity index (χ0) is 27.7. The Balaban J connectivity index is 1.69. The van der Waals surface area contributed by atoms with Crippen molar-refractivity contribution >= 4 is 33.3 Å². The molecule has 4 rings (SSSR count). The molecule has 0 bridgehead atoms. The van der Waals surface area contributed by atoms with Gasteiger partial charge in [0.25, 0.3) is 10.1 Å². The van der Waals surface area contributed by atoms with Crippen LogP contribution in [0.15, 0.2) is 46.2 Å². The molecule has 0 spiro atoms. The molecule has 6 heteroatoms. The van der Waals surface area contributed by atoms with Crippen LogP contribution in [0, 0.1) is 5.92 Å². The van der Waals surface area contributed by atoms with Gasteiger partial charge in [0.15, 0.2) is 0 Å². The highest BCUT2D eigenvalue weighted by molar-refractivity contribution is 7.99. The summed E-state index contributed by atoms with van der Waals surface area (Å²) in [5, 5.41) is -0.687. The fourth-order valence-corrected chi connectivity index (χ4v) is 9.01. The summed E-state index contributed by atoms with van der Waals surface area (Å²) in [6.45, 7) is 5.11. The fourth-order valence-electron chi connectivity index (χ4n) is 6.64. The second-order valence-corrected chi connectivity index (χ2v) is 14.4. The average Bonchev–Trinajstić information content (AvgIpc) is 2.93. The molecule has 1 heterocycles. The molecular weight excluding hydrogens is 523 g/mol. The number of unbranched alkanes of at least 4 members (excludes halogenated alkanes) is 6. The number of para-hydroxylation sites is 2. The van der Waals surface area contributed by atoms with E-state index in [2.05, 4.69) is 55.1 Å². The molecule has 2 aliphatic rings. The Hall–Kier alpha value is -1.50. The van der Waals surface area contributed by atoms with Gasteiger partial charge >= 0.3 is 0 Å². The second kappa shape index (κ2) is 14.9. The monoisotopic (exact) mass is 571 g/mol. The van der Waals surface area contributed by atoms with Crippen molar-refractivity contribution in [3.05, 3.63) is 47.5 Å². The van der Waals surface area contributed by atoms with E-state index in [9.17, 15) is 13.0 Å². The van der Waals surface area contributed by atoms with Gasteiger partial charge in [-0.15, -0.1) is 0 Å². The minimum Gasteiger partial charge on any atom is -0.339 e. The van der Waals surface area contributed by atoms with Crippen LogP contribution in [0.25, 0.3) is 0 Å². The van der Waals surface area contributed by atoms with E-state index in [1.165, 1.54) is 90.1 Å². The molecule has 1 unspecified atom stereocenters. The number of fused-ring (bicyclic) bond motifs is 2. The van der Waals surface area contributed by atoms with Crippen molar-refractivity contribution in [1.82, 2.24) is 0 Å². The normalized spacial score (nSPS) is 16.6. The van der Waals surface area contributed by atoms with E-state index in [-0.39, 0.29) is 5.92 Å². The highest BCUT2D eigenvalue weighted by Gasteiger charge is 2.35. The van der Waals surface area contributed by atoms with Crippen LogP contribution in [0.1, 0.15) is 115 Å². The van der Waals surface area contributed by atoms with Crippen molar-refractivity contribution in [2.24, 2.45) is 5.92 Å². The Kier molecular flexibility index (Phi) is 11.7. The lowest BCUT2D eigenvalue weighted by Gasteiger charge is -2.38. The Bertz CT molecular complexity index is 1100. The molecule has 1 aliphatic carbocycles. The average molecular weight is 572 g/mol. The molecular formula is C33H49NO3S2. The lowest BCUT2D eigenvalue weighted by molar-refractivity contribution is 0.320. The van der Waals surface area contributed by atoms with Gasteiger partial charge in [-0.3, -0.25) is 4.55 Å². The molecule has 1 N–H and O–H groups in total. The fraction of sp³-hybridized carbons (Fsp3) is 0.636. The van der Waals surface area contributed by atoms with Crippen molar-refractivity contribution in [3.8, 4) is 0 Å². The van der Waals surface area contributed by atoms with Crippen LogP contribution in [0.5, 0.6) is 0 Å². The maximum absolute atomic E-state index is 12.7. The van der Waals surface area contributed by atoms with Crippen LogP contribution in [0.2, 0.25) is 0 Å². The van der Waals surface area contributed by atoms with Gasteiger partial charge in [0.05, 0.1) is 16.6 Å². The van der Waals surface area contributed by atoms with Gasteiger partial charge in [0.2, 0.25) is 0 Å². The standard InChI is InChI=1S/C33H49NO3S2/c1-3-5-7-10-18-27-20-14-22-29-32(27)34(25-24-31(39(35,36)37)26-16-12-9-13-17-26)33-28(19-11-8-6-4-2)21-15-23-30(33)38-29/h14-15,20-23,26,31H,3-13,16-19,24-25H2,1-2H3,(H,35,36,37). The van der Waals surface area contributed by atoms with Gasteiger partial charge in [0, 0.05) is 16.3 Å². The Morgan fingerprint density at radius 1 is 0.821 bits per heavy atom. The summed E-state index contributed by atoms with van der Waals surface area (Å²) in [7, 11) is -4.11. The van der Waals surface area contributed by atoms with Crippen LogP contribution in [0.3, 0.4) is 0 Å². The highest BCUT2D eigenvalue weighted by Crippen LogP contribution is 2.51. The molecule has 1 atom stereocenters. The van der Waals surface area contributed by atoms with Crippen LogP contribution < -0.4 is 4.90 Å². The van der Waals surface area contributed by atoms with Gasteiger partial charge in [0.1, 0.15) is 0 Å². The molecule has 4 nitrogen and oxygen atoms in total. The van der Waals surface area contributed by atoms with Crippen molar-refractivity contribution in [2.45, 2.75) is 132 Å². The van der Waals surface area contributed by atoms with Crippen molar-refractivity contribution < 1.29 is 13.0 Å². The maximum atomic E-state index is 12.7.